The molecule has 44 heavy (non-hydrogen) atoms. The SMILES string of the molecule is C#Cc1cccc(N(Cc2ccc(NC(=O)NCC(=O)O)cc2)c2ncnc3cc(OCCOC)c(OCCOC)cc23)c1. The van der Waals surface area contributed by atoms with Crippen molar-refractivity contribution in [2.75, 3.05) is 57.4 Å². The molecule has 0 saturated heterocycles. The molecule has 0 spiro atoms. The zero-order valence-corrected chi connectivity index (χ0v) is 24.4. The number of rotatable bonds is 15. The molecule has 12 heteroatoms. The third kappa shape index (κ3) is 8.57. The van der Waals surface area contributed by atoms with E-state index in [1.165, 1.54) is 6.33 Å². The second-order valence-electron chi connectivity index (χ2n) is 9.38. The highest BCUT2D eigenvalue weighted by Gasteiger charge is 2.19. The van der Waals surface area contributed by atoms with Crippen LogP contribution in [-0.4, -0.2) is 74.3 Å². The van der Waals surface area contributed by atoms with Crippen LogP contribution in [0.2, 0.25) is 0 Å². The van der Waals surface area contributed by atoms with Gasteiger partial charge in [0.25, 0.3) is 0 Å². The predicted octanol–water partition coefficient (Wildman–Crippen LogP) is 4.21. The Labute approximate surface area is 254 Å². The molecule has 228 valence electrons. The first-order valence-corrected chi connectivity index (χ1v) is 13.6. The second kappa shape index (κ2) is 15.7. The summed E-state index contributed by atoms with van der Waals surface area (Å²) in [7, 11) is 3.21. The molecule has 0 aliphatic rings. The maximum absolute atomic E-state index is 12.0. The quantitative estimate of drug-likeness (QED) is 0.134. The first kappa shape index (κ1) is 31.6. The van der Waals surface area contributed by atoms with Crippen LogP contribution in [0.1, 0.15) is 11.1 Å². The van der Waals surface area contributed by atoms with E-state index >= 15 is 0 Å². The highest BCUT2D eigenvalue weighted by Crippen LogP contribution is 2.38. The number of ether oxygens (including phenoxy) is 4. The second-order valence-corrected chi connectivity index (χ2v) is 9.38. The third-order valence-electron chi connectivity index (χ3n) is 6.30. The summed E-state index contributed by atoms with van der Waals surface area (Å²) in [5.74, 6) is 3.19. The monoisotopic (exact) mass is 599 g/mol. The minimum absolute atomic E-state index is 0.314. The van der Waals surface area contributed by atoms with E-state index < -0.39 is 18.5 Å². The zero-order chi connectivity index (χ0) is 31.3. The molecule has 0 unspecified atom stereocenters. The summed E-state index contributed by atoms with van der Waals surface area (Å²) in [5.41, 5.74) is 3.55. The largest absolute Gasteiger partial charge is 0.487 e. The topological polar surface area (TPSA) is 144 Å². The summed E-state index contributed by atoms with van der Waals surface area (Å²) in [4.78, 5) is 33.9. The molecule has 0 fully saturated rings. The average Bonchev–Trinajstić information content (AvgIpc) is 3.03. The van der Waals surface area contributed by atoms with Crippen molar-refractivity contribution < 1.29 is 33.6 Å². The predicted molar refractivity (Wildman–Crippen MR) is 166 cm³/mol. The lowest BCUT2D eigenvalue weighted by atomic mass is 10.1. The first-order chi connectivity index (χ1) is 21.4. The van der Waals surface area contributed by atoms with Gasteiger partial charge in [-0.1, -0.05) is 24.1 Å². The Morgan fingerprint density at radius 2 is 1.64 bits per heavy atom. The van der Waals surface area contributed by atoms with Crippen LogP contribution in [0.4, 0.5) is 22.0 Å². The molecule has 1 heterocycles. The molecule has 0 aliphatic heterocycles. The van der Waals surface area contributed by atoms with Crippen LogP contribution >= 0.6 is 0 Å². The van der Waals surface area contributed by atoms with Crippen molar-refractivity contribution in [3.63, 3.8) is 0 Å². The number of carboxylic acids is 1. The number of methoxy groups -OCH3 is 2. The number of benzene rings is 3. The lowest BCUT2D eigenvalue weighted by Crippen LogP contribution is -2.33. The number of carboxylic acid groups (broad SMARTS) is 1. The summed E-state index contributed by atoms with van der Waals surface area (Å²) in [5, 5.41) is 14.4. The summed E-state index contributed by atoms with van der Waals surface area (Å²) in [6.45, 7) is 1.35. The van der Waals surface area contributed by atoms with Crippen molar-refractivity contribution in [3.05, 3.63) is 78.1 Å². The molecule has 3 aromatic carbocycles. The van der Waals surface area contributed by atoms with Crippen LogP contribution < -0.4 is 25.0 Å². The maximum atomic E-state index is 12.0. The average molecular weight is 600 g/mol. The lowest BCUT2D eigenvalue weighted by Gasteiger charge is -2.26. The van der Waals surface area contributed by atoms with Crippen molar-refractivity contribution in [2.24, 2.45) is 0 Å². The van der Waals surface area contributed by atoms with Crippen molar-refractivity contribution in [1.82, 2.24) is 15.3 Å². The molecule has 0 bridgehead atoms. The Hall–Kier alpha value is -5.38. The van der Waals surface area contributed by atoms with E-state index in [1.807, 2.05) is 53.4 Å². The van der Waals surface area contributed by atoms with E-state index in [9.17, 15) is 9.59 Å². The number of carbonyl (C=O) groups excluding carboxylic acids is 1. The number of aliphatic carboxylic acids is 1. The van der Waals surface area contributed by atoms with Crippen LogP contribution in [0.5, 0.6) is 11.5 Å². The normalized spacial score (nSPS) is 10.6. The van der Waals surface area contributed by atoms with Crippen molar-refractivity contribution in [3.8, 4) is 23.8 Å². The Morgan fingerprint density at radius 1 is 0.932 bits per heavy atom. The molecule has 0 radical (unpaired) electrons. The van der Waals surface area contributed by atoms with Gasteiger partial charge < -0.3 is 39.6 Å². The fraction of sp³-hybridized carbons (Fsp3) is 0.250. The lowest BCUT2D eigenvalue weighted by molar-refractivity contribution is -0.135. The fourth-order valence-electron chi connectivity index (χ4n) is 4.22. The molecular formula is C32H33N5O7. The first-order valence-electron chi connectivity index (χ1n) is 13.6. The van der Waals surface area contributed by atoms with E-state index in [1.54, 1.807) is 26.4 Å². The highest BCUT2D eigenvalue weighted by atomic mass is 16.5. The number of carbonyl (C=O) groups is 2. The molecule has 1 aromatic heterocycles. The van der Waals surface area contributed by atoms with Crippen LogP contribution in [-0.2, 0) is 20.8 Å². The smallest absolute Gasteiger partial charge is 0.323 e. The summed E-state index contributed by atoms with van der Waals surface area (Å²) < 4.78 is 22.3. The van der Waals surface area contributed by atoms with Crippen LogP contribution in [0.25, 0.3) is 10.9 Å². The van der Waals surface area contributed by atoms with Gasteiger partial charge in [-0.15, -0.1) is 6.42 Å². The number of fused-ring (bicyclic) bond motifs is 1. The summed E-state index contributed by atoms with van der Waals surface area (Å²) >= 11 is 0. The van der Waals surface area contributed by atoms with Gasteiger partial charge in [0.15, 0.2) is 11.5 Å². The number of hydrogen-bond donors (Lipinski definition) is 3. The molecule has 3 N–H and O–H groups in total. The molecule has 0 aliphatic carbocycles. The van der Waals surface area contributed by atoms with E-state index in [2.05, 4.69) is 26.5 Å². The molecular weight excluding hydrogens is 566 g/mol. The van der Waals surface area contributed by atoms with Gasteiger partial charge >= 0.3 is 12.0 Å². The van der Waals surface area contributed by atoms with Crippen molar-refractivity contribution in [2.45, 2.75) is 6.54 Å². The van der Waals surface area contributed by atoms with Gasteiger partial charge in [0.2, 0.25) is 0 Å². The summed E-state index contributed by atoms with van der Waals surface area (Å²) in [6, 6.07) is 17.8. The van der Waals surface area contributed by atoms with E-state index in [0.29, 0.717) is 67.1 Å². The van der Waals surface area contributed by atoms with Crippen LogP contribution in [0, 0.1) is 12.3 Å². The molecule has 4 rings (SSSR count). The van der Waals surface area contributed by atoms with Crippen LogP contribution in [0.3, 0.4) is 0 Å². The maximum Gasteiger partial charge on any atom is 0.323 e. The molecule has 0 saturated carbocycles. The van der Waals surface area contributed by atoms with E-state index in [0.717, 1.165) is 16.6 Å². The fourth-order valence-corrected chi connectivity index (χ4v) is 4.22. The number of amides is 2. The van der Waals surface area contributed by atoms with E-state index in [4.69, 9.17) is 30.5 Å². The summed E-state index contributed by atoms with van der Waals surface area (Å²) in [6.07, 6.45) is 7.21. The number of aromatic nitrogens is 2. The number of terminal acetylenes is 1. The Kier molecular flexibility index (Phi) is 11.3. The minimum Gasteiger partial charge on any atom is -0.487 e. The molecule has 2 amide bonds. The number of nitrogens with zero attached hydrogens (tertiary/aromatic N) is 3. The molecule has 12 nitrogen and oxygen atoms in total. The van der Waals surface area contributed by atoms with Gasteiger partial charge in [-0.05, 0) is 42.0 Å². The Bertz CT molecular complexity index is 1620. The van der Waals surface area contributed by atoms with Gasteiger partial charge in [-0.3, -0.25) is 4.79 Å². The van der Waals surface area contributed by atoms with Crippen molar-refractivity contribution in [1.29, 1.82) is 0 Å². The van der Waals surface area contributed by atoms with Gasteiger partial charge in [0.1, 0.15) is 31.9 Å². The van der Waals surface area contributed by atoms with Gasteiger partial charge in [0, 0.05) is 49.2 Å². The number of nitrogens with one attached hydrogen (secondary N) is 2. The number of hydrogen-bond acceptors (Lipinski definition) is 9. The Balaban J connectivity index is 1.72. The number of anilines is 3. The van der Waals surface area contributed by atoms with Crippen molar-refractivity contribution >= 4 is 40.1 Å². The Morgan fingerprint density at radius 3 is 2.30 bits per heavy atom. The van der Waals surface area contributed by atoms with Gasteiger partial charge in [-0.2, -0.15) is 0 Å². The highest BCUT2D eigenvalue weighted by molar-refractivity contribution is 5.94. The van der Waals surface area contributed by atoms with Crippen LogP contribution in [0.15, 0.2) is 67.0 Å². The molecule has 4 aromatic rings. The minimum atomic E-state index is -1.13. The van der Waals surface area contributed by atoms with Gasteiger partial charge in [0.05, 0.1) is 18.7 Å². The number of urea groups is 1. The molecule has 0 atom stereocenters. The standard InChI is InChI=1S/C32H33N5O7/c1-4-22-6-5-7-25(16-22)37(20-23-8-10-24(11-9-23)36-32(40)33-19-30(38)39)31-26-17-28(43-14-12-41-2)29(44-15-13-42-3)18-27(26)34-21-35-31/h1,5-11,16-18,21H,12-15,19-20H2,2-3H3,(H,38,39)(H2,33,36,40). The zero-order valence-electron chi connectivity index (χ0n) is 24.4. The third-order valence-corrected chi connectivity index (χ3v) is 6.30. The van der Waals surface area contributed by atoms with E-state index in [-0.39, 0.29) is 0 Å². The van der Waals surface area contributed by atoms with Gasteiger partial charge in [-0.25, -0.2) is 14.8 Å².